The molecule has 0 aromatic heterocycles. The van der Waals surface area contributed by atoms with Gasteiger partial charge in [-0.3, -0.25) is 9.11 Å². The Balaban J connectivity index is 1.86. The average molecular weight is 641 g/mol. The molecule has 0 aliphatic heterocycles. The van der Waals surface area contributed by atoms with Crippen LogP contribution < -0.4 is 9.47 Å². The van der Waals surface area contributed by atoms with E-state index in [1.807, 2.05) is 12.1 Å². The fraction of sp³-hybridized carbons (Fsp3) is 0.636. The quantitative estimate of drug-likeness (QED) is 0.0862. The van der Waals surface area contributed by atoms with Crippen molar-refractivity contribution < 1.29 is 35.4 Å². The third-order valence-electron chi connectivity index (χ3n) is 7.51. The van der Waals surface area contributed by atoms with Gasteiger partial charge < -0.3 is 9.47 Å². The Morgan fingerprint density at radius 1 is 0.512 bits per heavy atom. The normalized spacial score (nSPS) is 12.0. The van der Waals surface area contributed by atoms with Gasteiger partial charge >= 0.3 is 0 Å². The van der Waals surface area contributed by atoms with Crippen LogP contribution in [-0.2, 0) is 33.1 Å². The van der Waals surface area contributed by atoms with E-state index >= 15 is 0 Å². The van der Waals surface area contributed by atoms with Crippen molar-refractivity contribution in [2.24, 2.45) is 0 Å². The van der Waals surface area contributed by atoms with Crippen molar-refractivity contribution in [3.63, 3.8) is 0 Å². The fourth-order valence-corrected chi connectivity index (χ4v) is 6.42. The molecule has 0 unspecified atom stereocenters. The molecule has 0 amide bonds. The molecule has 0 aliphatic carbocycles. The monoisotopic (exact) mass is 640 g/mol. The van der Waals surface area contributed by atoms with Crippen molar-refractivity contribution >= 4 is 20.2 Å². The van der Waals surface area contributed by atoms with Gasteiger partial charge in [0.2, 0.25) is 0 Å². The van der Waals surface area contributed by atoms with Crippen LogP contribution in [0.15, 0.2) is 46.2 Å². The van der Waals surface area contributed by atoms with Crippen LogP contribution in [0, 0.1) is 0 Å². The summed E-state index contributed by atoms with van der Waals surface area (Å²) in [6, 6.07) is 9.66. The molecular weight excluding hydrogens is 588 g/mol. The van der Waals surface area contributed by atoms with Crippen molar-refractivity contribution in [3.05, 3.63) is 47.5 Å². The minimum absolute atomic E-state index is 0.0548. The van der Waals surface area contributed by atoms with Crippen LogP contribution in [0.1, 0.15) is 121 Å². The number of rotatable bonds is 24. The van der Waals surface area contributed by atoms with E-state index in [9.17, 15) is 25.9 Å². The van der Waals surface area contributed by atoms with Gasteiger partial charge in [0.15, 0.2) is 0 Å². The van der Waals surface area contributed by atoms with Crippen molar-refractivity contribution in [2.45, 2.75) is 133 Å². The molecule has 0 spiro atoms. The molecule has 43 heavy (non-hydrogen) atoms. The van der Waals surface area contributed by atoms with Crippen LogP contribution >= 0.6 is 0 Å². The third-order valence-corrected chi connectivity index (χ3v) is 9.26. The standard InChI is InChI=1S/C33H52O8S2/c1-3-5-7-9-11-13-15-18-28-20-22-30(32(26-28)42(34,35)36)40-24-17-25-41-31-23-21-29(27-33(31)43(37,38)39)19-16-14-12-10-8-6-4-2/h20-23,26-27H,3-19,24-25H2,1-2H3,(H,34,35,36)(H,37,38,39). The Morgan fingerprint density at radius 2 is 0.860 bits per heavy atom. The lowest BCUT2D eigenvalue weighted by molar-refractivity contribution is 0.240. The lowest BCUT2D eigenvalue weighted by Gasteiger charge is -2.13. The van der Waals surface area contributed by atoms with Crippen LogP contribution in [-0.4, -0.2) is 39.2 Å². The van der Waals surface area contributed by atoms with E-state index in [1.54, 1.807) is 12.1 Å². The number of unbranched alkanes of at least 4 members (excludes halogenated alkanes) is 12. The summed E-state index contributed by atoms with van der Waals surface area (Å²) < 4.78 is 78.9. The summed E-state index contributed by atoms with van der Waals surface area (Å²) in [4.78, 5) is -0.529. The molecule has 2 rings (SSSR count). The summed E-state index contributed by atoms with van der Waals surface area (Å²) in [6.07, 6.45) is 17.9. The molecule has 2 aromatic rings. The molecule has 0 saturated heterocycles. The summed E-state index contributed by atoms with van der Waals surface area (Å²) in [5, 5.41) is 0. The number of benzene rings is 2. The molecule has 0 fully saturated rings. The highest BCUT2D eigenvalue weighted by Gasteiger charge is 2.19. The van der Waals surface area contributed by atoms with E-state index < -0.39 is 20.2 Å². The Kier molecular flexibility index (Phi) is 17.2. The van der Waals surface area contributed by atoms with E-state index in [1.165, 1.54) is 63.5 Å². The topological polar surface area (TPSA) is 127 Å². The second-order valence-corrected chi connectivity index (χ2v) is 14.1. The SMILES string of the molecule is CCCCCCCCCc1ccc(OCCCOc2ccc(CCCCCCCCC)cc2S(=O)(=O)O)c(S(=O)(=O)O)c1. The third kappa shape index (κ3) is 14.9. The van der Waals surface area contributed by atoms with E-state index in [2.05, 4.69) is 13.8 Å². The van der Waals surface area contributed by atoms with E-state index in [-0.39, 0.29) is 34.5 Å². The maximum Gasteiger partial charge on any atom is 0.298 e. The van der Waals surface area contributed by atoms with E-state index in [0.717, 1.165) is 62.5 Å². The lowest BCUT2D eigenvalue weighted by Crippen LogP contribution is -2.10. The molecule has 0 radical (unpaired) electrons. The Bertz CT molecular complexity index is 1190. The number of hydrogen-bond acceptors (Lipinski definition) is 6. The van der Waals surface area contributed by atoms with Crippen LogP contribution in [0.2, 0.25) is 0 Å². The van der Waals surface area contributed by atoms with E-state index in [4.69, 9.17) is 9.47 Å². The summed E-state index contributed by atoms with van der Waals surface area (Å²) in [5.41, 5.74) is 1.65. The molecule has 0 aliphatic rings. The van der Waals surface area contributed by atoms with Crippen LogP contribution in [0.25, 0.3) is 0 Å². The van der Waals surface area contributed by atoms with Gasteiger partial charge in [0.05, 0.1) is 13.2 Å². The first-order valence-electron chi connectivity index (χ1n) is 16.0. The minimum Gasteiger partial charge on any atom is -0.492 e. The van der Waals surface area contributed by atoms with Crippen molar-refractivity contribution in [2.75, 3.05) is 13.2 Å². The maximum absolute atomic E-state index is 12.0. The highest BCUT2D eigenvalue weighted by molar-refractivity contribution is 7.86. The smallest absolute Gasteiger partial charge is 0.298 e. The average Bonchev–Trinajstić information content (AvgIpc) is 2.96. The van der Waals surface area contributed by atoms with Gasteiger partial charge in [0.1, 0.15) is 21.3 Å². The van der Waals surface area contributed by atoms with Gasteiger partial charge in [-0.25, -0.2) is 0 Å². The predicted octanol–water partition coefficient (Wildman–Crippen LogP) is 8.61. The molecule has 8 nitrogen and oxygen atoms in total. The zero-order valence-electron chi connectivity index (χ0n) is 26.1. The van der Waals surface area contributed by atoms with E-state index in [0.29, 0.717) is 6.42 Å². The number of aryl methyl sites for hydroxylation is 2. The second kappa shape index (κ2) is 20.0. The summed E-state index contributed by atoms with van der Waals surface area (Å²) >= 11 is 0. The van der Waals surface area contributed by atoms with Gasteiger partial charge in [-0.15, -0.1) is 0 Å². The molecule has 0 saturated carbocycles. The molecule has 244 valence electrons. The largest absolute Gasteiger partial charge is 0.492 e. The lowest BCUT2D eigenvalue weighted by atomic mass is 10.0. The zero-order valence-corrected chi connectivity index (χ0v) is 27.7. The van der Waals surface area contributed by atoms with Gasteiger partial charge in [-0.2, -0.15) is 16.8 Å². The summed E-state index contributed by atoms with van der Waals surface area (Å²) in [5.74, 6) is 0.110. The molecule has 0 heterocycles. The molecule has 10 heteroatoms. The molecular formula is C33H52O8S2. The van der Waals surface area contributed by atoms with Gasteiger partial charge in [0, 0.05) is 6.42 Å². The highest BCUT2D eigenvalue weighted by Crippen LogP contribution is 2.28. The van der Waals surface area contributed by atoms with Crippen molar-refractivity contribution in [1.82, 2.24) is 0 Å². The first-order valence-corrected chi connectivity index (χ1v) is 18.9. The number of ether oxygens (including phenoxy) is 2. The second-order valence-electron chi connectivity index (χ2n) is 11.3. The number of hydrogen-bond donors (Lipinski definition) is 2. The van der Waals surface area contributed by atoms with Gasteiger partial charge in [0.25, 0.3) is 20.2 Å². The van der Waals surface area contributed by atoms with Gasteiger partial charge in [-0.05, 0) is 61.1 Å². The van der Waals surface area contributed by atoms with Crippen molar-refractivity contribution in [3.8, 4) is 11.5 Å². The highest BCUT2D eigenvalue weighted by atomic mass is 32.2. The predicted molar refractivity (Wildman–Crippen MR) is 172 cm³/mol. The van der Waals surface area contributed by atoms with Gasteiger partial charge in [-0.1, -0.05) is 103 Å². The summed E-state index contributed by atoms with van der Waals surface area (Å²) in [7, 11) is -8.96. The Labute approximate surface area is 260 Å². The molecule has 0 atom stereocenters. The van der Waals surface area contributed by atoms with Crippen LogP contribution in [0.4, 0.5) is 0 Å². The van der Waals surface area contributed by atoms with Crippen LogP contribution in [0.5, 0.6) is 11.5 Å². The molecule has 2 aromatic carbocycles. The Morgan fingerprint density at radius 3 is 1.21 bits per heavy atom. The van der Waals surface area contributed by atoms with Crippen LogP contribution in [0.3, 0.4) is 0 Å². The molecule has 2 N–H and O–H groups in total. The Hall–Kier alpha value is -2.14. The minimum atomic E-state index is -4.48. The first-order chi connectivity index (χ1) is 20.6. The maximum atomic E-state index is 12.0. The zero-order chi connectivity index (χ0) is 31.6. The fourth-order valence-electron chi connectivity index (χ4n) is 5.05. The summed E-state index contributed by atoms with van der Waals surface area (Å²) in [6.45, 7) is 4.54. The van der Waals surface area contributed by atoms with Crippen molar-refractivity contribution in [1.29, 1.82) is 0 Å². The first kappa shape index (κ1) is 37.0. The molecule has 0 bridgehead atoms.